The molecular weight excluding hydrogens is 182 g/mol. The topological polar surface area (TPSA) is 49.8 Å². The molecule has 2 fully saturated rings. The second-order valence-corrected chi connectivity index (χ2v) is 4.40. The molecule has 0 saturated carbocycles. The van der Waals surface area contributed by atoms with Gasteiger partial charge in [-0.15, -0.1) is 0 Å². The van der Waals surface area contributed by atoms with Crippen LogP contribution in [-0.2, 0) is 9.53 Å². The summed E-state index contributed by atoms with van der Waals surface area (Å²) in [7, 11) is 2.05. The van der Waals surface area contributed by atoms with Gasteiger partial charge in [0.25, 0.3) is 0 Å². The number of piperidine rings is 1. The molecule has 2 bridgehead atoms. The first-order valence-corrected chi connectivity index (χ1v) is 5.15. The van der Waals surface area contributed by atoms with Crippen LogP contribution in [0.4, 0.5) is 0 Å². The van der Waals surface area contributed by atoms with Gasteiger partial charge < -0.3 is 9.84 Å². The normalized spacial score (nSPS) is 42.5. The molecule has 2 saturated heterocycles. The van der Waals surface area contributed by atoms with E-state index in [4.69, 9.17) is 4.74 Å². The van der Waals surface area contributed by atoms with Crippen molar-refractivity contribution < 1.29 is 14.6 Å². The number of hydrogen-bond acceptors (Lipinski definition) is 4. The maximum atomic E-state index is 10.9. The Labute approximate surface area is 83.8 Å². The standard InChI is InChI=1S/C10H17NO3/c1-6(12)14-10-4-7-3-8(13)5-9(10)11(7)2/h7-10,13H,3-5H2,1-2H3/t7-,8-,9-,10-/m0/s1. The second kappa shape index (κ2) is 3.51. The summed E-state index contributed by atoms with van der Waals surface area (Å²) < 4.78 is 5.25. The van der Waals surface area contributed by atoms with Gasteiger partial charge in [0.2, 0.25) is 0 Å². The average Bonchev–Trinajstić information content (AvgIpc) is 2.30. The van der Waals surface area contributed by atoms with Gasteiger partial charge in [0.15, 0.2) is 0 Å². The van der Waals surface area contributed by atoms with Gasteiger partial charge in [-0.25, -0.2) is 0 Å². The number of carbonyl (C=O) groups excluding carboxylic acids is 1. The lowest BCUT2D eigenvalue weighted by atomic mass is 10.0. The van der Waals surface area contributed by atoms with Gasteiger partial charge in [0.05, 0.1) is 6.10 Å². The number of aliphatic hydroxyl groups is 1. The molecule has 0 aliphatic carbocycles. The number of rotatable bonds is 1. The monoisotopic (exact) mass is 199 g/mol. The van der Waals surface area contributed by atoms with Crippen LogP contribution in [0.2, 0.25) is 0 Å². The zero-order chi connectivity index (χ0) is 10.3. The summed E-state index contributed by atoms with van der Waals surface area (Å²) in [5.41, 5.74) is 0. The van der Waals surface area contributed by atoms with Crippen molar-refractivity contribution in [1.29, 1.82) is 0 Å². The number of likely N-dealkylation sites (N-methyl/N-ethyl adjacent to an activating group) is 1. The highest BCUT2D eigenvalue weighted by Gasteiger charge is 2.45. The summed E-state index contributed by atoms with van der Waals surface area (Å²) >= 11 is 0. The molecule has 0 aromatic carbocycles. The van der Waals surface area contributed by atoms with E-state index in [0.717, 1.165) is 19.3 Å². The van der Waals surface area contributed by atoms with Crippen molar-refractivity contribution in [3.63, 3.8) is 0 Å². The number of esters is 1. The van der Waals surface area contributed by atoms with Gasteiger partial charge in [0, 0.05) is 25.4 Å². The average molecular weight is 199 g/mol. The quantitative estimate of drug-likeness (QED) is 0.610. The van der Waals surface area contributed by atoms with E-state index < -0.39 is 0 Å². The molecule has 0 aromatic rings. The van der Waals surface area contributed by atoms with Crippen molar-refractivity contribution in [1.82, 2.24) is 4.90 Å². The van der Waals surface area contributed by atoms with Crippen LogP contribution < -0.4 is 0 Å². The molecular formula is C10H17NO3. The fourth-order valence-electron chi connectivity index (χ4n) is 2.73. The largest absolute Gasteiger partial charge is 0.461 e. The van der Waals surface area contributed by atoms with Crippen molar-refractivity contribution in [3.05, 3.63) is 0 Å². The molecule has 2 aliphatic rings. The van der Waals surface area contributed by atoms with Crippen molar-refractivity contribution in [2.45, 2.75) is 50.5 Å². The Balaban J connectivity index is 2.05. The number of aliphatic hydroxyl groups excluding tert-OH is 1. The Bertz CT molecular complexity index is 244. The third-order valence-corrected chi connectivity index (χ3v) is 3.41. The van der Waals surface area contributed by atoms with Crippen molar-refractivity contribution in [2.24, 2.45) is 0 Å². The van der Waals surface area contributed by atoms with Crippen LogP contribution in [0, 0.1) is 0 Å². The minimum Gasteiger partial charge on any atom is -0.461 e. The Hall–Kier alpha value is -0.610. The summed E-state index contributed by atoms with van der Waals surface area (Å²) in [6, 6.07) is 0.598. The Morgan fingerprint density at radius 3 is 2.79 bits per heavy atom. The molecule has 0 spiro atoms. The van der Waals surface area contributed by atoms with E-state index >= 15 is 0 Å². The predicted octanol–water partition coefficient (Wildman–Crippen LogP) is 0.145. The van der Waals surface area contributed by atoms with Crippen LogP contribution in [0.5, 0.6) is 0 Å². The molecule has 2 aliphatic heterocycles. The van der Waals surface area contributed by atoms with Gasteiger partial charge in [-0.1, -0.05) is 0 Å². The smallest absolute Gasteiger partial charge is 0.302 e. The lowest BCUT2D eigenvalue weighted by Gasteiger charge is -2.34. The van der Waals surface area contributed by atoms with E-state index in [2.05, 4.69) is 4.90 Å². The molecule has 2 heterocycles. The van der Waals surface area contributed by atoms with Crippen molar-refractivity contribution >= 4 is 5.97 Å². The molecule has 14 heavy (non-hydrogen) atoms. The molecule has 4 nitrogen and oxygen atoms in total. The zero-order valence-electron chi connectivity index (χ0n) is 8.64. The first kappa shape index (κ1) is 9.93. The van der Waals surface area contributed by atoms with Crippen LogP contribution >= 0.6 is 0 Å². The van der Waals surface area contributed by atoms with Gasteiger partial charge >= 0.3 is 5.97 Å². The van der Waals surface area contributed by atoms with Crippen LogP contribution in [0.1, 0.15) is 26.2 Å². The number of hydrogen-bond donors (Lipinski definition) is 1. The highest BCUT2D eigenvalue weighted by Crippen LogP contribution is 2.36. The number of nitrogens with zero attached hydrogens (tertiary/aromatic N) is 1. The third kappa shape index (κ3) is 1.64. The highest BCUT2D eigenvalue weighted by atomic mass is 16.5. The molecule has 0 aromatic heterocycles. The predicted molar refractivity (Wildman–Crippen MR) is 50.8 cm³/mol. The minimum atomic E-state index is -0.221. The van der Waals surface area contributed by atoms with Gasteiger partial charge in [-0.2, -0.15) is 0 Å². The number of fused-ring (bicyclic) bond motifs is 2. The lowest BCUT2D eigenvalue weighted by Crippen LogP contribution is -2.44. The van der Waals surface area contributed by atoms with Crippen LogP contribution in [0.25, 0.3) is 0 Å². The fraction of sp³-hybridized carbons (Fsp3) is 0.900. The Morgan fingerprint density at radius 1 is 1.43 bits per heavy atom. The van der Waals surface area contributed by atoms with E-state index in [1.54, 1.807) is 0 Å². The molecule has 1 N–H and O–H groups in total. The van der Waals surface area contributed by atoms with Crippen LogP contribution in [0.15, 0.2) is 0 Å². The lowest BCUT2D eigenvalue weighted by molar-refractivity contribution is -0.147. The second-order valence-electron chi connectivity index (χ2n) is 4.40. The SMILES string of the molecule is CC(=O)O[C@H]1C[C@@H]2C[C@H](O)C[C@@H]1N2C. The molecule has 0 radical (unpaired) electrons. The summed E-state index contributed by atoms with van der Waals surface area (Å²) in [6.45, 7) is 1.44. The summed E-state index contributed by atoms with van der Waals surface area (Å²) in [6.07, 6.45) is 2.18. The third-order valence-electron chi connectivity index (χ3n) is 3.41. The fourth-order valence-corrected chi connectivity index (χ4v) is 2.73. The Morgan fingerprint density at radius 2 is 2.14 bits per heavy atom. The van der Waals surface area contributed by atoms with Gasteiger partial charge in [-0.3, -0.25) is 9.69 Å². The molecule has 4 atom stereocenters. The summed E-state index contributed by atoms with van der Waals surface area (Å²) in [4.78, 5) is 13.1. The summed E-state index contributed by atoms with van der Waals surface area (Å²) in [5, 5.41) is 9.59. The maximum Gasteiger partial charge on any atom is 0.302 e. The van der Waals surface area contributed by atoms with E-state index in [-0.39, 0.29) is 24.2 Å². The number of ether oxygens (including phenoxy) is 1. The maximum absolute atomic E-state index is 10.9. The highest BCUT2D eigenvalue weighted by molar-refractivity contribution is 5.66. The molecule has 0 unspecified atom stereocenters. The molecule has 2 rings (SSSR count). The van der Waals surface area contributed by atoms with Gasteiger partial charge in [0.1, 0.15) is 6.10 Å². The molecule has 4 heteroatoms. The van der Waals surface area contributed by atoms with Crippen molar-refractivity contribution in [2.75, 3.05) is 7.05 Å². The zero-order valence-corrected chi connectivity index (χ0v) is 8.64. The first-order valence-electron chi connectivity index (χ1n) is 5.15. The minimum absolute atomic E-state index is 0.0142. The summed E-state index contributed by atoms with van der Waals surface area (Å²) in [5.74, 6) is -0.217. The van der Waals surface area contributed by atoms with E-state index in [0.29, 0.717) is 6.04 Å². The van der Waals surface area contributed by atoms with E-state index in [1.807, 2.05) is 7.05 Å². The van der Waals surface area contributed by atoms with Crippen molar-refractivity contribution in [3.8, 4) is 0 Å². The van der Waals surface area contributed by atoms with Crippen LogP contribution in [-0.4, -0.2) is 47.3 Å². The van der Waals surface area contributed by atoms with Gasteiger partial charge in [-0.05, 0) is 19.9 Å². The first-order chi connectivity index (χ1) is 6.58. The Kier molecular flexibility index (Phi) is 2.49. The molecule has 80 valence electrons. The molecule has 0 amide bonds. The van der Waals surface area contributed by atoms with E-state index in [9.17, 15) is 9.90 Å². The van der Waals surface area contributed by atoms with E-state index in [1.165, 1.54) is 6.92 Å². The van der Waals surface area contributed by atoms with Crippen LogP contribution in [0.3, 0.4) is 0 Å². The number of carbonyl (C=O) groups is 1.